The van der Waals surface area contributed by atoms with Gasteiger partial charge in [0.05, 0.1) is 0 Å². The summed E-state index contributed by atoms with van der Waals surface area (Å²) in [7, 11) is -4.77. The minimum atomic E-state index is -1.59. The average Bonchev–Trinajstić information content (AvgIpc) is 3.46. The molecule has 0 aliphatic carbocycles. The maximum atomic E-state index is 5.84. The van der Waals surface area contributed by atoms with Crippen LogP contribution in [0, 0.1) is 0 Å². The predicted octanol–water partition coefficient (Wildman–Crippen LogP) is 19.0. The van der Waals surface area contributed by atoms with Crippen molar-refractivity contribution in [2.45, 2.75) is 0 Å². The Bertz CT molecular complexity index is 2950. The van der Waals surface area contributed by atoms with Crippen LogP contribution in [-0.4, -0.2) is 0 Å². The zero-order valence-electron chi connectivity index (χ0n) is 46.7. The Kier molecular flexibility index (Phi) is 26.9. The number of hydrogen-bond acceptors (Lipinski definition) is 9. The minimum absolute atomic E-state index is 0. The molecule has 12 rings (SSSR count). The number of hydrogen-bond donors (Lipinski definition) is 0. The van der Waals surface area contributed by atoms with Crippen molar-refractivity contribution in [1.29, 1.82) is 0 Å². The van der Waals surface area contributed by atoms with Gasteiger partial charge in [0, 0.05) is 0 Å². The van der Waals surface area contributed by atoms with E-state index in [0.717, 1.165) is 0 Å². The van der Waals surface area contributed by atoms with Crippen molar-refractivity contribution in [3.05, 3.63) is 364 Å². The van der Waals surface area contributed by atoms with Crippen LogP contribution in [0.2, 0.25) is 0 Å². The van der Waals surface area contributed by atoms with Gasteiger partial charge in [0.25, 0.3) is 0 Å². The Hall–Kier alpha value is -8.95. The van der Waals surface area contributed by atoms with Crippen LogP contribution in [0.1, 0.15) is 0 Å². The van der Waals surface area contributed by atoms with Crippen LogP contribution in [0.15, 0.2) is 364 Å². The van der Waals surface area contributed by atoms with Gasteiger partial charge in [-0.3, -0.25) is 0 Å². The third kappa shape index (κ3) is 22.6. The molecule has 86 heavy (non-hydrogen) atoms. The van der Waals surface area contributed by atoms with E-state index in [1.807, 2.05) is 273 Å². The van der Waals surface area contributed by atoms with E-state index >= 15 is 0 Å². The van der Waals surface area contributed by atoms with Crippen molar-refractivity contribution in [1.82, 2.24) is 0 Å². The third-order valence-corrected chi connectivity index (χ3v) is 16.9. The summed E-state index contributed by atoms with van der Waals surface area (Å²) in [5.74, 6) is 6.38. The van der Waals surface area contributed by atoms with Gasteiger partial charge in [-0.15, -0.1) is 0 Å². The summed E-state index contributed by atoms with van der Waals surface area (Å²) in [6.07, 6.45) is 0. The fourth-order valence-electron chi connectivity index (χ4n) is 7.12. The van der Waals surface area contributed by atoms with Crippen LogP contribution >= 0.6 is 35.7 Å². The first-order valence-electron chi connectivity index (χ1n) is 26.9. The monoisotopic (exact) mass is 1250 g/mol. The molecule has 0 amide bonds. The molecule has 0 saturated heterocycles. The van der Waals surface area contributed by atoms with Crippen molar-refractivity contribution in [3.63, 3.8) is 0 Å². The van der Waals surface area contributed by atoms with Crippen molar-refractivity contribution in [2.24, 2.45) is 0 Å². The maximum absolute atomic E-state index is 5.84. The van der Waals surface area contributed by atoms with E-state index in [0.29, 0.717) is 51.7 Å². The first-order valence-corrected chi connectivity index (χ1v) is 31.7. The number of rotatable bonds is 21. The van der Waals surface area contributed by atoms with E-state index in [-0.39, 0.29) is 23.3 Å². The molecule has 9 nitrogen and oxygen atoms in total. The van der Waals surface area contributed by atoms with Gasteiger partial charge in [0.1, 0.15) is 51.7 Å². The first-order chi connectivity index (χ1) is 42.1. The van der Waals surface area contributed by atoms with Crippen molar-refractivity contribution in [2.75, 3.05) is 0 Å². The Morgan fingerprint density at radius 2 is 0.256 bits per heavy atom. The Morgan fingerprint density at radius 1 is 0.151 bits per heavy atom. The molecule has 0 aromatic heterocycles. The van der Waals surface area contributed by atoms with Crippen LogP contribution in [0.4, 0.5) is 0 Å². The molecule has 0 heterocycles. The molecule has 0 fully saturated rings. The van der Waals surface area contributed by atoms with Gasteiger partial charge in [0.2, 0.25) is 0 Å². The van der Waals surface area contributed by atoms with Gasteiger partial charge in [-0.05, 0) is 109 Å². The van der Waals surface area contributed by atoms with Gasteiger partial charge in [0.15, 0.2) is 0 Å². The number of benzene rings is 12. The molecular weight excluding hydrogens is 1190 g/mol. The SMILES string of the molecule is P.c1cc[c]([Ni]([c]2ccccc2)[c]2ccccc2)cc1.c1ccc(OP(Oc2ccccc2)Oc2ccccc2)cc1.c1ccc(OP(Oc2ccccc2)Oc2ccccc2)cc1.c1ccc(OP(Oc2ccccc2)Oc2ccccc2)cc1. The van der Waals surface area contributed by atoms with Crippen LogP contribution in [-0.2, 0) is 13.4 Å². The van der Waals surface area contributed by atoms with Gasteiger partial charge in [-0.2, -0.15) is 9.90 Å². The van der Waals surface area contributed by atoms with Crippen molar-refractivity contribution < 1.29 is 54.1 Å². The molecule has 435 valence electrons. The summed E-state index contributed by atoms with van der Waals surface area (Å²) in [6.45, 7) is 0. The largest absolute Gasteiger partial charge is 0.530 e. The molecule has 14 heteroatoms. The van der Waals surface area contributed by atoms with E-state index in [1.165, 1.54) is 13.6 Å². The van der Waals surface area contributed by atoms with Crippen molar-refractivity contribution >= 4 is 49.3 Å². The van der Waals surface area contributed by atoms with E-state index in [9.17, 15) is 0 Å². The Balaban J connectivity index is 0.000000149. The second-order valence-corrected chi connectivity index (χ2v) is 22.8. The van der Waals surface area contributed by atoms with Gasteiger partial charge in [-0.1, -0.05) is 164 Å². The summed E-state index contributed by atoms with van der Waals surface area (Å²) in [5, 5.41) is 0. The smallest absolute Gasteiger partial charge is 0.409 e. The second-order valence-electron chi connectivity index (χ2n) is 17.3. The zero-order chi connectivity index (χ0) is 58.0. The van der Waals surface area contributed by atoms with Crippen molar-refractivity contribution in [3.8, 4) is 51.7 Å². The molecule has 0 aliphatic rings. The van der Waals surface area contributed by atoms with Crippen LogP contribution in [0.25, 0.3) is 0 Å². The maximum Gasteiger partial charge on any atom is 0.530 e. The Morgan fingerprint density at radius 3 is 0.372 bits per heavy atom. The van der Waals surface area contributed by atoms with E-state index in [1.54, 1.807) is 0 Å². The van der Waals surface area contributed by atoms with Gasteiger partial charge in [-0.25, -0.2) is 0 Å². The molecule has 1 atom stereocenters. The molecule has 0 bridgehead atoms. The molecule has 12 aromatic rings. The quantitative estimate of drug-likeness (QED) is 0.0516. The molecule has 0 saturated carbocycles. The van der Waals surface area contributed by atoms with Crippen LogP contribution in [0.3, 0.4) is 0 Å². The van der Waals surface area contributed by atoms with Crippen LogP contribution in [0.5, 0.6) is 51.7 Å². The first kappa shape index (κ1) is 63.1. The fourth-order valence-corrected chi connectivity index (χ4v) is 12.6. The van der Waals surface area contributed by atoms with E-state index in [4.69, 9.17) is 40.7 Å². The zero-order valence-corrected chi connectivity index (χ0v) is 51.8. The third-order valence-electron chi connectivity index (χ3n) is 11.0. The van der Waals surface area contributed by atoms with Gasteiger partial charge >= 0.3 is 144 Å². The molecule has 0 radical (unpaired) electrons. The summed E-state index contributed by atoms with van der Waals surface area (Å²) in [6, 6.07) is 118. The predicted molar refractivity (Wildman–Crippen MR) is 354 cm³/mol. The van der Waals surface area contributed by atoms with E-state index < -0.39 is 25.8 Å². The molecule has 0 aliphatic heterocycles. The topological polar surface area (TPSA) is 83.1 Å². The van der Waals surface area contributed by atoms with Crippen LogP contribution < -0.4 is 54.3 Å². The molecule has 0 spiro atoms. The fraction of sp³-hybridized carbons (Fsp3) is 0. The molecule has 12 aromatic carbocycles. The summed E-state index contributed by atoms with van der Waals surface area (Å²) in [4.78, 5) is 0. The molecular formula is C72H63NiO9P4. The van der Waals surface area contributed by atoms with E-state index in [2.05, 4.69) is 91.0 Å². The molecule has 1 unspecified atom stereocenters. The van der Waals surface area contributed by atoms with Gasteiger partial charge < -0.3 is 40.7 Å². The summed E-state index contributed by atoms with van der Waals surface area (Å²) < 4.78 is 56.7. The average molecular weight is 1250 g/mol. The minimum Gasteiger partial charge on any atom is -0.409 e. The second kappa shape index (κ2) is 36.7. The summed E-state index contributed by atoms with van der Waals surface area (Å²) in [5.41, 5.74) is 0. The number of para-hydroxylation sites is 9. The Labute approximate surface area is 516 Å². The molecule has 0 N–H and O–H groups in total. The summed E-state index contributed by atoms with van der Waals surface area (Å²) >= 11 is -0.176. The normalized spacial score (nSPS) is 10.3. The standard InChI is InChI=1S/3C18H15O3P.3C6H5.Ni.H3P/c3*1-4-10-16(11-5-1)19-22(20-17-12-6-2-7-13-17)21-18-14-8-3-9-15-18;3*1-2-4-6-5-3-1;;/h3*1-15H;3*1-5H;;1H3.